The molecule has 9 heteroatoms. The van der Waals surface area contributed by atoms with Crippen LogP contribution >= 0.6 is 45.3 Å². The lowest BCUT2D eigenvalue weighted by molar-refractivity contribution is 1.02. The van der Waals surface area contributed by atoms with Crippen LogP contribution in [0.3, 0.4) is 0 Å². The molecule has 8 heterocycles. The van der Waals surface area contributed by atoms with E-state index in [0.717, 1.165) is 66.0 Å². The van der Waals surface area contributed by atoms with Crippen LogP contribution in [0.15, 0.2) is 249 Å². The van der Waals surface area contributed by atoms with Gasteiger partial charge in [-0.2, -0.15) is 0 Å². The van der Waals surface area contributed by atoms with Crippen LogP contribution < -0.4 is 0 Å². The summed E-state index contributed by atoms with van der Waals surface area (Å²) in [6.07, 6.45) is 0. The van der Waals surface area contributed by atoms with Crippen molar-refractivity contribution in [2.75, 3.05) is 0 Å². The van der Waals surface area contributed by atoms with Crippen molar-refractivity contribution in [3.05, 3.63) is 249 Å². The topological polar surface area (TPSA) is 48.5 Å². The Hall–Kier alpha value is -10.1. The van der Waals surface area contributed by atoms with Gasteiger partial charge in [0.1, 0.15) is 5.82 Å². The minimum Gasteiger partial charge on any atom is -0.292 e. The van der Waals surface area contributed by atoms with Gasteiger partial charge in [-0.05, 0) is 75.1 Å². The molecular formula is C77H41N5S4. The first-order valence-corrected chi connectivity index (χ1v) is 32.2. The fourth-order valence-electron chi connectivity index (χ4n) is 14.3. The average Bonchev–Trinajstić information content (AvgIpc) is 1.64. The second kappa shape index (κ2) is 17.7. The van der Waals surface area contributed by atoms with Crippen LogP contribution in [-0.2, 0) is 0 Å². The van der Waals surface area contributed by atoms with Crippen molar-refractivity contribution in [1.82, 2.24) is 24.1 Å². The first-order chi connectivity index (χ1) is 42.7. The highest BCUT2D eigenvalue weighted by atomic mass is 32.1. The van der Waals surface area contributed by atoms with E-state index in [4.69, 9.17) is 15.0 Å². The molecule has 0 aliphatic heterocycles. The van der Waals surface area contributed by atoms with E-state index in [1.807, 2.05) is 34.0 Å². The molecule has 20 aromatic rings. The summed E-state index contributed by atoms with van der Waals surface area (Å²) in [6.45, 7) is 0. The maximum Gasteiger partial charge on any atom is 0.235 e. The van der Waals surface area contributed by atoms with E-state index < -0.39 is 0 Å². The summed E-state index contributed by atoms with van der Waals surface area (Å²) in [5, 5.41) is 18.5. The van der Waals surface area contributed by atoms with Crippen molar-refractivity contribution in [3.8, 4) is 45.4 Å². The Bertz CT molecular complexity index is 6340. The van der Waals surface area contributed by atoms with Gasteiger partial charge in [-0.1, -0.05) is 206 Å². The summed E-state index contributed by atoms with van der Waals surface area (Å²) in [5.41, 5.74) is 11.9. The van der Waals surface area contributed by atoms with Crippen LogP contribution in [-0.4, -0.2) is 24.1 Å². The average molecular weight is 1160 g/mol. The zero-order valence-electron chi connectivity index (χ0n) is 45.5. The number of thiophene rings is 4. The smallest absolute Gasteiger partial charge is 0.235 e. The van der Waals surface area contributed by atoms with E-state index in [9.17, 15) is 0 Å². The minimum absolute atomic E-state index is 0.662. The number of benzene rings is 12. The van der Waals surface area contributed by atoms with Crippen molar-refractivity contribution in [3.63, 3.8) is 0 Å². The highest BCUT2D eigenvalue weighted by molar-refractivity contribution is 7.28. The maximum absolute atomic E-state index is 5.80. The number of hydrogen-bond donors (Lipinski definition) is 0. The van der Waals surface area contributed by atoms with Gasteiger partial charge in [0.25, 0.3) is 0 Å². The number of fused-ring (bicyclic) bond motifs is 26. The molecule has 0 bridgehead atoms. The molecule has 12 aromatic carbocycles. The number of para-hydroxylation sites is 2. The number of pyridine rings is 1. The predicted octanol–water partition coefficient (Wildman–Crippen LogP) is 22.8. The van der Waals surface area contributed by atoms with Gasteiger partial charge in [0.05, 0.1) is 57.8 Å². The van der Waals surface area contributed by atoms with E-state index in [1.165, 1.54) is 119 Å². The van der Waals surface area contributed by atoms with Gasteiger partial charge >= 0.3 is 0 Å². The standard InChI is InChI=1S/C77H41N5S4/c1-3-20-42(21-4-1)67-73-56(46-24-11-16-35-59(46)83-73)41-62(78-67)81-57-33-14-9-27-50(57)64-55-40-44(38-39-49(55)66-53-30-13-18-37-61(53)84-74(66)70(64)81)45-31-19-32-54-69-76(86-72(45)54)68(43-22-5-2-6-23-43)79-77(80-69)82-58-34-15-10-28-51(58)63-47-25-7-8-26-48(47)65-52-29-12-17-36-60(52)85-75(65)71(63)82/h1-41H. The molecule has 20 rings (SSSR count). The molecule has 0 fully saturated rings. The zero-order valence-corrected chi connectivity index (χ0v) is 48.8. The summed E-state index contributed by atoms with van der Waals surface area (Å²) in [6, 6.07) is 91.2. The maximum atomic E-state index is 5.80. The Labute approximate surface area is 505 Å². The lowest BCUT2D eigenvalue weighted by Crippen LogP contribution is -2.02. The monoisotopic (exact) mass is 1160 g/mol. The van der Waals surface area contributed by atoms with Crippen LogP contribution in [0.4, 0.5) is 0 Å². The van der Waals surface area contributed by atoms with Crippen molar-refractivity contribution >= 4 is 191 Å². The molecule has 0 saturated heterocycles. The molecular weight excluding hydrogens is 1120 g/mol. The van der Waals surface area contributed by atoms with Crippen molar-refractivity contribution in [2.24, 2.45) is 0 Å². The van der Waals surface area contributed by atoms with E-state index in [2.05, 4.69) is 258 Å². The fourth-order valence-corrected chi connectivity index (χ4v) is 19.3. The zero-order chi connectivity index (χ0) is 55.9. The van der Waals surface area contributed by atoms with Crippen molar-refractivity contribution in [2.45, 2.75) is 0 Å². The van der Waals surface area contributed by atoms with E-state index >= 15 is 0 Å². The molecule has 5 nitrogen and oxygen atoms in total. The molecule has 86 heavy (non-hydrogen) atoms. The highest BCUT2D eigenvalue weighted by Gasteiger charge is 2.28. The minimum atomic E-state index is 0.662. The van der Waals surface area contributed by atoms with Gasteiger partial charge in [-0.25, -0.2) is 15.0 Å². The van der Waals surface area contributed by atoms with E-state index in [0.29, 0.717) is 5.95 Å². The Morgan fingerprint density at radius 1 is 0.267 bits per heavy atom. The molecule has 0 N–H and O–H groups in total. The molecule has 8 aromatic heterocycles. The SMILES string of the molecule is c1ccc(-c2nc(-n3c4ccccc4c4c5cc(-c6cccc7c6sc6c(-c8ccccc8)nc(-n8c9ccccc9c9c%10ccccc%10c%10c%11ccccc%11sc%10c98)nc67)ccc5c5c6ccccc6sc5c43)cc3c2sc2ccccc23)cc1. The molecule has 0 aliphatic carbocycles. The largest absolute Gasteiger partial charge is 0.292 e. The number of rotatable bonds is 5. The Morgan fingerprint density at radius 3 is 1.42 bits per heavy atom. The third-order valence-corrected chi connectivity index (χ3v) is 22.7. The van der Waals surface area contributed by atoms with Crippen LogP contribution in [0, 0.1) is 0 Å². The van der Waals surface area contributed by atoms with Crippen molar-refractivity contribution < 1.29 is 0 Å². The van der Waals surface area contributed by atoms with Crippen molar-refractivity contribution in [1.29, 1.82) is 0 Å². The number of nitrogens with zero attached hydrogens (tertiary/aromatic N) is 5. The Morgan fingerprint density at radius 2 is 0.756 bits per heavy atom. The number of hydrogen-bond acceptors (Lipinski definition) is 7. The summed E-state index contributed by atoms with van der Waals surface area (Å²) in [7, 11) is 0. The third-order valence-electron chi connectivity index (χ3n) is 17.9. The van der Waals surface area contributed by atoms with Gasteiger partial charge in [0.2, 0.25) is 5.95 Å². The van der Waals surface area contributed by atoms with Gasteiger partial charge in [-0.3, -0.25) is 9.13 Å². The Kier molecular flexibility index (Phi) is 9.73. The quantitative estimate of drug-likeness (QED) is 0.173. The van der Waals surface area contributed by atoms with Gasteiger partial charge in [0.15, 0.2) is 0 Å². The summed E-state index contributed by atoms with van der Waals surface area (Å²) in [5.74, 6) is 1.57. The molecule has 0 amide bonds. The molecule has 0 spiro atoms. The lowest BCUT2D eigenvalue weighted by Gasteiger charge is -2.13. The second-order valence-electron chi connectivity index (χ2n) is 22.4. The van der Waals surface area contributed by atoms with Gasteiger partial charge in [0, 0.05) is 89.2 Å². The fraction of sp³-hybridized carbons (Fsp3) is 0. The normalized spacial score (nSPS) is 12.4. The second-order valence-corrected chi connectivity index (χ2v) is 26.6. The molecule has 0 saturated carbocycles. The van der Waals surface area contributed by atoms with Crippen LogP contribution in [0.1, 0.15) is 0 Å². The van der Waals surface area contributed by atoms with Crippen LogP contribution in [0.25, 0.3) is 191 Å². The molecule has 0 unspecified atom stereocenters. The summed E-state index contributed by atoms with van der Waals surface area (Å²) >= 11 is 7.38. The first-order valence-electron chi connectivity index (χ1n) is 28.9. The third kappa shape index (κ3) is 6.44. The predicted molar refractivity (Wildman–Crippen MR) is 371 cm³/mol. The highest BCUT2D eigenvalue weighted by Crippen LogP contribution is 2.53. The van der Waals surface area contributed by atoms with E-state index in [1.54, 1.807) is 11.3 Å². The van der Waals surface area contributed by atoms with Crippen LogP contribution in [0.2, 0.25) is 0 Å². The summed E-state index contributed by atoms with van der Waals surface area (Å²) < 4.78 is 14.6. The van der Waals surface area contributed by atoms with E-state index in [-0.39, 0.29) is 0 Å². The molecule has 0 radical (unpaired) electrons. The van der Waals surface area contributed by atoms with Gasteiger partial charge < -0.3 is 0 Å². The van der Waals surface area contributed by atoms with Crippen LogP contribution in [0.5, 0.6) is 0 Å². The number of aromatic nitrogens is 5. The molecule has 398 valence electrons. The summed E-state index contributed by atoms with van der Waals surface area (Å²) in [4.78, 5) is 17.3. The molecule has 0 aliphatic rings. The Balaban J connectivity index is 0.870. The first kappa shape index (κ1) is 47.3. The van der Waals surface area contributed by atoms with Gasteiger partial charge in [-0.15, -0.1) is 45.3 Å². The lowest BCUT2D eigenvalue weighted by atomic mass is 9.94. The molecule has 0 atom stereocenters.